The SMILES string of the molecule is COc1cc(C)cc2c1c(-c1ccccc1)c1c(OC)cc(C)cc1[n+]2-c1ccccc1. The Morgan fingerprint density at radius 3 is 1.53 bits per heavy atom. The summed E-state index contributed by atoms with van der Waals surface area (Å²) in [6, 6.07) is 29.7. The molecule has 0 saturated heterocycles. The van der Waals surface area contributed by atoms with Gasteiger partial charge in [-0.25, -0.2) is 0 Å². The van der Waals surface area contributed by atoms with E-state index in [0.29, 0.717) is 0 Å². The Morgan fingerprint density at radius 2 is 1.06 bits per heavy atom. The fourth-order valence-electron chi connectivity index (χ4n) is 4.65. The van der Waals surface area contributed by atoms with Gasteiger partial charge in [0, 0.05) is 29.8 Å². The van der Waals surface area contributed by atoms with Crippen LogP contribution in [0.25, 0.3) is 38.6 Å². The van der Waals surface area contributed by atoms with E-state index in [2.05, 4.69) is 91.2 Å². The van der Waals surface area contributed by atoms with Gasteiger partial charge in [0.05, 0.1) is 25.0 Å². The third-order valence-corrected chi connectivity index (χ3v) is 5.95. The molecule has 158 valence electrons. The molecule has 32 heavy (non-hydrogen) atoms. The van der Waals surface area contributed by atoms with Crippen LogP contribution in [0.5, 0.6) is 11.5 Å². The van der Waals surface area contributed by atoms with E-state index in [0.717, 1.165) is 61.2 Å². The molecule has 0 aliphatic heterocycles. The summed E-state index contributed by atoms with van der Waals surface area (Å²) in [7, 11) is 3.48. The number of hydrogen-bond donors (Lipinski definition) is 0. The number of aromatic nitrogens is 1. The highest BCUT2D eigenvalue weighted by Gasteiger charge is 2.28. The van der Waals surface area contributed by atoms with Crippen molar-refractivity contribution in [2.24, 2.45) is 0 Å². The molecule has 1 heterocycles. The van der Waals surface area contributed by atoms with Gasteiger partial charge < -0.3 is 9.47 Å². The van der Waals surface area contributed by atoms with E-state index < -0.39 is 0 Å². The van der Waals surface area contributed by atoms with Crippen molar-refractivity contribution in [3.8, 4) is 28.3 Å². The van der Waals surface area contributed by atoms with Crippen LogP contribution in [0.1, 0.15) is 11.1 Å². The summed E-state index contributed by atoms with van der Waals surface area (Å²) < 4.78 is 14.2. The van der Waals surface area contributed by atoms with Crippen molar-refractivity contribution in [2.75, 3.05) is 14.2 Å². The lowest BCUT2D eigenvalue weighted by Crippen LogP contribution is -2.33. The first-order chi connectivity index (χ1) is 15.6. The second-order valence-electron chi connectivity index (χ2n) is 8.13. The molecular formula is C29H26NO2+. The Kier molecular flexibility index (Phi) is 5.02. The smallest absolute Gasteiger partial charge is 0.223 e. The summed E-state index contributed by atoms with van der Waals surface area (Å²) in [4.78, 5) is 0. The molecule has 0 atom stereocenters. The number of benzene rings is 4. The van der Waals surface area contributed by atoms with Gasteiger partial charge in [-0.2, -0.15) is 4.57 Å². The predicted octanol–water partition coefficient (Wildman–Crippen LogP) is 6.57. The highest BCUT2D eigenvalue weighted by atomic mass is 16.5. The molecule has 0 unspecified atom stereocenters. The maximum absolute atomic E-state index is 5.95. The zero-order valence-corrected chi connectivity index (χ0v) is 18.8. The van der Waals surface area contributed by atoms with E-state index in [4.69, 9.17) is 9.47 Å². The summed E-state index contributed by atoms with van der Waals surface area (Å²) in [6.07, 6.45) is 0. The second kappa shape index (κ2) is 8.01. The highest BCUT2D eigenvalue weighted by molar-refractivity contribution is 6.12. The first-order valence-corrected chi connectivity index (χ1v) is 10.8. The number of para-hydroxylation sites is 1. The lowest BCUT2D eigenvalue weighted by molar-refractivity contribution is -0.538. The van der Waals surface area contributed by atoms with E-state index in [1.54, 1.807) is 14.2 Å². The fraction of sp³-hybridized carbons (Fsp3) is 0.138. The van der Waals surface area contributed by atoms with Gasteiger partial charge in [-0.05, 0) is 42.7 Å². The van der Waals surface area contributed by atoms with Gasteiger partial charge in [-0.15, -0.1) is 0 Å². The molecule has 1 aromatic heterocycles. The molecule has 0 N–H and O–H groups in total. The predicted molar refractivity (Wildman–Crippen MR) is 131 cm³/mol. The number of rotatable bonds is 4. The summed E-state index contributed by atoms with van der Waals surface area (Å²) in [5, 5.41) is 2.14. The maximum Gasteiger partial charge on any atom is 0.223 e. The molecule has 0 radical (unpaired) electrons. The summed E-state index contributed by atoms with van der Waals surface area (Å²) in [5.41, 5.74) is 7.86. The number of nitrogens with zero attached hydrogens (tertiary/aromatic N) is 1. The third kappa shape index (κ3) is 3.18. The van der Waals surface area contributed by atoms with Gasteiger partial charge >= 0.3 is 0 Å². The second-order valence-corrected chi connectivity index (χ2v) is 8.13. The molecule has 0 spiro atoms. The summed E-state index contributed by atoms with van der Waals surface area (Å²) >= 11 is 0. The lowest BCUT2D eigenvalue weighted by atomic mass is 9.93. The molecule has 5 aromatic rings. The van der Waals surface area contributed by atoms with Crippen molar-refractivity contribution in [3.05, 3.63) is 96.1 Å². The molecule has 0 fully saturated rings. The highest BCUT2D eigenvalue weighted by Crippen LogP contribution is 2.43. The van der Waals surface area contributed by atoms with E-state index >= 15 is 0 Å². The van der Waals surface area contributed by atoms with Gasteiger partial charge in [-0.1, -0.05) is 48.5 Å². The number of ether oxygens (including phenoxy) is 2. The van der Waals surface area contributed by atoms with E-state index in [9.17, 15) is 0 Å². The van der Waals surface area contributed by atoms with E-state index in [-0.39, 0.29) is 0 Å². The zero-order chi connectivity index (χ0) is 22.2. The minimum atomic E-state index is 0.855. The molecule has 5 rings (SSSR count). The summed E-state index contributed by atoms with van der Waals surface area (Å²) in [6.45, 7) is 4.22. The monoisotopic (exact) mass is 420 g/mol. The Labute approximate surface area is 188 Å². The van der Waals surface area contributed by atoms with Crippen LogP contribution in [0.4, 0.5) is 0 Å². The number of fused-ring (bicyclic) bond motifs is 2. The van der Waals surface area contributed by atoms with Gasteiger partial charge in [0.25, 0.3) is 0 Å². The lowest BCUT2D eigenvalue weighted by Gasteiger charge is -2.17. The molecular weight excluding hydrogens is 394 g/mol. The topological polar surface area (TPSA) is 22.3 Å². The minimum absolute atomic E-state index is 0.855. The molecule has 0 aliphatic rings. The van der Waals surface area contributed by atoms with Gasteiger partial charge in [0.1, 0.15) is 11.5 Å². The van der Waals surface area contributed by atoms with Crippen molar-refractivity contribution >= 4 is 21.8 Å². The van der Waals surface area contributed by atoms with E-state index in [1.165, 1.54) is 0 Å². The Balaban J connectivity index is 2.14. The van der Waals surface area contributed by atoms with Crippen molar-refractivity contribution < 1.29 is 14.0 Å². The Hall–Kier alpha value is -3.85. The number of hydrogen-bond acceptors (Lipinski definition) is 2. The van der Waals surface area contributed by atoms with Gasteiger partial charge in [0.2, 0.25) is 16.7 Å². The van der Waals surface area contributed by atoms with Crippen molar-refractivity contribution in [1.82, 2.24) is 0 Å². The number of aryl methyl sites for hydroxylation is 2. The zero-order valence-electron chi connectivity index (χ0n) is 18.8. The van der Waals surface area contributed by atoms with Crippen molar-refractivity contribution in [1.29, 1.82) is 0 Å². The van der Waals surface area contributed by atoms with Crippen LogP contribution in [0.15, 0.2) is 84.9 Å². The molecule has 0 aliphatic carbocycles. The van der Waals surface area contributed by atoms with Crippen LogP contribution in [0.3, 0.4) is 0 Å². The number of methoxy groups -OCH3 is 2. The molecule has 3 heteroatoms. The van der Waals surface area contributed by atoms with Crippen LogP contribution in [-0.4, -0.2) is 14.2 Å². The average molecular weight is 421 g/mol. The van der Waals surface area contributed by atoms with Crippen LogP contribution >= 0.6 is 0 Å². The van der Waals surface area contributed by atoms with Crippen LogP contribution in [-0.2, 0) is 0 Å². The molecule has 0 amide bonds. The van der Waals surface area contributed by atoms with Crippen molar-refractivity contribution in [3.63, 3.8) is 0 Å². The van der Waals surface area contributed by atoms with E-state index in [1.807, 2.05) is 12.1 Å². The molecule has 3 nitrogen and oxygen atoms in total. The molecule has 0 bridgehead atoms. The number of pyridine rings is 1. The van der Waals surface area contributed by atoms with Crippen LogP contribution < -0.4 is 14.0 Å². The van der Waals surface area contributed by atoms with Crippen molar-refractivity contribution in [2.45, 2.75) is 13.8 Å². The van der Waals surface area contributed by atoms with Crippen LogP contribution in [0.2, 0.25) is 0 Å². The maximum atomic E-state index is 5.95. The van der Waals surface area contributed by atoms with Gasteiger partial charge in [-0.3, -0.25) is 0 Å². The first kappa shape index (κ1) is 20.1. The third-order valence-electron chi connectivity index (χ3n) is 5.95. The first-order valence-electron chi connectivity index (χ1n) is 10.8. The standard InChI is InChI=1S/C29H26NO2/c1-19-15-23-28(25(17-19)31-3)27(21-11-7-5-8-12-21)29-24(16-20(2)18-26(29)32-4)30(23)22-13-9-6-10-14-22/h5-18H,1-4H3/q+1. The largest absolute Gasteiger partial charge is 0.496 e. The summed E-state index contributed by atoms with van der Waals surface area (Å²) in [5.74, 6) is 1.71. The average Bonchev–Trinajstić information content (AvgIpc) is 2.82. The Morgan fingerprint density at radius 1 is 0.594 bits per heavy atom. The van der Waals surface area contributed by atoms with Crippen LogP contribution in [0, 0.1) is 13.8 Å². The fourth-order valence-corrected chi connectivity index (χ4v) is 4.65. The quantitative estimate of drug-likeness (QED) is 0.242. The Bertz CT molecular complexity index is 1370. The normalized spacial score (nSPS) is 11.1. The molecule has 0 saturated carbocycles. The minimum Gasteiger partial charge on any atom is -0.496 e. The molecule has 4 aromatic carbocycles. The van der Waals surface area contributed by atoms with Gasteiger partial charge in [0.15, 0.2) is 0 Å².